The summed E-state index contributed by atoms with van der Waals surface area (Å²) >= 11 is 0. The second-order valence-corrected chi connectivity index (χ2v) is 13.0. The maximum Gasteiger partial charge on any atom is 0.264 e. The number of carbonyl (C=O) groups is 2. The maximum atomic E-state index is 14.5. The van der Waals surface area contributed by atoms with E-state index >= 15 is 0 Å². The zero-order valence-corrected chi connectivity index (χ0v) is 26.7. The van der Waals surface area contributed by atoms with E-state index in [2.05, 4.69) is 5.32 Å². The number of amides is 2. The molecule has 230 valence electrons. The van der Waals surface area contributed by atoms with Gasteiger partial charge >= 0.3 is 0 Å². The molecule has 4 aromatic rings. The second-order valence-electron chi connectivity index (χ2n) is 11.1. The summed E-state index contributed by atoms with van der Waals surface area (Å²) in [6, 6.07) is 30.1. The zero-order valence-electron chi connectivity index (χ0n) is 25.9. The van der Waals surface area contributed by atoms with Crippen molar-refractivity contribution < 1.29 is 18.0 Å². The van der Waals surface area contributed by atoms with Crippen LogP contribution in [0.1, 0.15) is 41.2 Å². The molecule has 0 radical (unpaired) electrons. The van der Waals surface area contributed by atoms with Crippen molar-refractivity contribution >= 4 is 27.5 Å². The van der Waals surface area contributed by atoms with Gasteiger partial charge in [-0.3, -0.25) is 13.9 Å². The predicted octanol–water partition coefficient (Wildman–Crippen LogP) is 5.97. The first kappa shape index (κ1) is 32.5. The van der Waals surface area contributed by atoms with Gasteiger partial charge in [0.1, 0.15) is 12.6 Å². The van der Waals surface area contributed by atoms with E-state index in [0.29, 0.717) is 12.2 Å². The fourth-order valence-electron chi connectivity index (χ4n) is 5.03. The summed E-state index contributed by atoms with van der Waals surface area (Å²) in [4.78, 5) is 29.9. The SMILES string of the molecule is CCCNC(=O)[C@H](Cc1ccccc1)N(Cc1ccc(C)cc1)C(=O)CN(c1cc(C)ccc1C)S(=O)(=O)c1ccccc1. The number of benzene rings is 4. The minimum Gasteiger partial charge on any atom is -0.354 e. The molecule has 0 bridgehead atoms. The van der Waals surface area contributed by atoms with Gasteiger partial charge in [0.2, 0.25) is 11.8 Å². The molecule has 7 nitrogen and oxygen atoms in total. The first-order valence-electron chi connectivity index (χ1n) is 14.9. The van der Waals surface area contributed by atoms with Crippen LogP contribution in [0.25, 0.3) is 0 Å². The third-order valence-electron chi connectivity index (χ3n) is 7.54. The molecule has 1 N–H and O–H groups in total. The van der Waals surface area contributed by atoms with E-state index in [1.165, 1.54) is 21.3 Å². The third-order valence-corrected chi connectivity index (χ3v) is 9.31. The molecule has 0 heterocycles. The first-order chi connectivity index (χ1) is 21.1. The third kappa shape index (κ3) is 8.14. The molecule has 0 saturated carbocycles. The highest BCUT2D eigenvalue weighted by molar-refractivity contribution is 7.92. The van der Waals surface area contributed by atoms with Crippen LogP contribution in [0.3, 0.4) is 0 Å². The number of sulfonamides is 1. The summed E-state index contributed by atoms with van der Waals surface area (Å²) in [5, 5.41) is 2.98. The maximum absolute atomic E-state index is 14.5. The molecule has 8 heteroatoms. The lowest BCUT2D eigenvalue weighted by Crippen LogP contribution is -2.53. The molecule has 2 amide bonds. The van der Waals surface area contributed by atoms with Crippen LogP contribution >= 0.6 is 0 Å². The summed E-state index contributed by atoms with van der Waals surface area (Å²) in [6.45, 7) is 7.80. The number of rotatable bonds is 13. The fraction of sp³-hybridized carbons (Fsp3) is 0.278. The zero-order chi connectivity index (χ0) is 31.7. The Morgan fingerprint density at radius 3 is 2.02 bits per heavy atom. The molecular weight excluding hydrogens is 570 g/mol. The molecule has 0 unspecified atom stereocenters. The van der Waals surface area contributed by atoms with Crippen LogP contribution in [0.4, 0.5) is 5.69 Å². The van der Waals surface area contributed by atoms with E-state index in [1.807, 2.05) is 94.4 Å². The Labute approximate surface area is 261 Å². The van der Waals surface area contributed by atoms with Gasteiger partial charge in [-0.2, -0.15) is 0 Å². The highest BCUT2D eigenvalue weighted by atomic mass is 32.2. The lowest BCUT2D eigenvalue weighted by molar-refractivity contribution is -0.140. The molecule has 44 heavy (non-hydrogen) atoms. The number of hydrogen-bond acceptors (Lipinski definition) is 4. The molecular formula is C36H41N3O4S. The average molecular weight is 612 g/mol. The Kier molecular flexibility index (Phi) is 11.0. The molecule has 0 aliphatic rings. The van der Waals surface area contributed by atoms with Crippen LogP contribution in [-0.2, 0) is 32.6 Å². The Hall–Kier alpha value is -4.43. The summed E-state index contributed by atoms with van der Waals surface area (Å²) in [5.74, 6) is -0.751. The fourth-order valence-corrected chi connectivity index (χ4v) is 6.52. The number of nitrogens with zero attached hydrogens (tertiary/aromatic N) is 2. The molecule has 0 aliphatic carbocycles. The summed E-state index contributed by atoms with van der Waals surface area (Å²) < 4.78 is 29.5. The smallest absolute Gasteiger partial charge is 0.264 e. The molecule has 1 atom stereocenters. The van der Waals surface area contributed by atoms with Crippen LogP contribution in [0.5, 0.6) is 0 Å². The summed E-state index contributed by atoms with van der Waals surface area (Å²) in [6.07, 6.45) is 1.02. The van der Waals surface area contributed by atoms with Crippen molar-refractivity contribution in [3.63, 3.8) is 0 Å². The Morgan fingerprint density at radius 1 is 0.773 bits per heavy atom. The van der Waals surface area contributed by atoms with Crippen LogP contribution in [0.2, 0.25) is 0 Å². The van der Waals surface area contributed by atoms with Gasteiger partial charge in [-0.05, 0) is 67.6 Å². The van der Waals surface area contributed by atoms with E-state index in [0.717, 1.165) is 34.2 Å². The van der Waals surface area contributed by atoms with Crippen molar-refractivity contribution in [1.82, 2.24) is 10.2 Å². The lowest BCUT2D eigenvalue weighted by Gasteiger charge is -2.34. The minimum atomic E-state index is -4.13. The predicted molar refractivity (Wildman–Crippen MR) is 176 cm³/mol. The topological polar surface area (TPSA) is 86.8 Å². The monoisotopic (exact) mass is 611 g/mol. The largest absolute Gasteiger partial charge is 0.354 e. The summed E-state index contributed by atoms with van der Waals surface area (Å²) in [5.41, 5.74) is 4.82. The van der Waals surface area contributed by atoms with Gasteiger partial charge in [-0.25, -0.2) is 8.42 Å². The Bertz CT molecular complexity index is 1660. The van der Waals surface area contributed by atoms with Gasteiger partial charge in [0.05, 0.1) is 10.6 Å². The second kappa shape index (κ2) is 14.8. The Morgan fingerprint density at radius 2 is 1.39 bits per heavy atom. The molecule has 0 aliphatic heterocycles. The van der Waals surface area contributed by atoms with Gasteiger partial charge in [0.25, 0.3) is 10.0 Å². The molecule has 0 saturated heterocycles. The van der Waals surface area contributed by atoms with Crippen molar-refractivity contribution in [2.24, 2.45) is 0 Å². The van der Waals surface area contributed by atoms with E-state index < -0.39 is 28.5 Å². The highest BCUT2D eigenvalue weighted by Gasteiger charge is 2.35. The normalized spacial score (nSPS) is 11.9. The van der Waals surface area contributed by atoms with E-state index in [4.69, 9.17) is 0 Å². The molecule has 4 rings (SSSR count). The van der Waals surface area contributed by atoms with E-state index in [1.54, 1.807) is 24.3 Å². The van der Waals surface area contributed by atoms with Gasteiger partial charge in [-0.15, -0.1) is 0 Å². The lowest BCUT2D eigenvalue weighted by atomic mass is 10.0. The van der Waals surface area contributed by atoms with Crippen LogP contribution in [0.15, 0.2) is 108 Å². The van der Waals surface area contributed by atoms with Gasteiger partial charge in [-0.1, -0.05) is 97.4 Å². The summed E-state index contributed by atoms with van der Waals surface area (Å²) in [7, 11) is -4.13. The average Bonchev–Trinajstić information content (AvgIpc) is 3.03. The van der Waals surface area contributed by atoms with E-state index in [-0.39, 0.29) is 23.8 Å². The number of carbonyl (C=O) groups excluding carboxylic acids is 2. The Balaban J connectivity index is 1.81. The standard InChI is InChI=1S/C36H41N3O4S/c1-5-22-37-36(41)34(24-30-12-8-6-9-13-30)38(25-31-20-17-27(2)18-21-31)35(40)26-39(33-23-28(3)16-19-29(33)4)44(42,43)32-14-10-7-11-15-32/h6-21,23,34H,5,22,24-26H2,1-4H3,(H,37,41)/t34-/m0/s1. The van der Waals surface area contributed by atoms with Crippen LogP contribution in [-0.4, -0.2) is 44.3 Å². The molecule has 0 fully saturated rings. The number of nitrogens with one attached hydrogen (secondary N) is 1. The van der Waals surface area contributed by atoms with Gasteiger partial charge in [0, 0.05) is 19.5 Å². The molecule has 4 aromatic carbocycles. The molecule has 0 spiro atoms. The van der Waals surface area contributed by atoms with Crippen molar-refractivity contribution in [2.75, 3.05) is 17.4 Å². The van der Waals surface area contributed by atoms with Crippen molar-refractivity contribution in [3.8, 4) is 0 Å². The van der Waals surface area contributed by atoms with E-state index in [9.17, 15) is 18.0 Å². The first-order valence-corrected chi connectivity index (χ1v) is 16.4. The number of aryl methyl sites for hydroxylation is 3. The van der Waals surface area contributed by atoms with Gasteiger partial charge in [0.15, 0.2) is 0 Å². The van der Waals surface area contributed by atoms with Crippen LogP contribution in [0, 0.1) is 20.8 Å². The van der Waals surface area contributed by atoms with Gasteiger partial charge < -0.3 is 10.2 Å². The molecule has 0 aromatic heterocycles. The van der Waals surface area contributed by atoms with Crippen molar-refractivity contribution in [3.05, 3.63) is 131 Å². The van der Waals surface area contributed by atoms with Crippen LogP contribution < -0.4 is 9.62 Å². The quantitative estimate of drug-likeness (QED) is 0.202. The van der Waals surface area contributed by atoms with Crippen molar-refractivity contribution in [1.29, 1.82) is 0 Å². The minimum absolute atomic E-state index is 0.0836. The highest BCUT2D eigenvalue weighted by Crippen LogP contribution is 2.29. The number of hydrogen-bond donors (Lipinski definition) is 1. The number of anilines is 1. The van der Waals surface area contributed by atoms with Crippen molar-refractivity contribution in [2.45, 2.75) is 58.0 Å².